The van der Waals surface area contributed by atoms with E-state index in [1.54, 1.807) is 18.2 Å². The third-order valence-corrected chi connectivity index (χ3v) is 3.62. The van der Waals surface area contributed by atoms with Gasteiger partial charge < -0.3 is 5.32 Å². The highest BCUT2D eigenvalue weighted by atomic mass is 35.5. The van der Waals surface area contributed by atoms with E-state index in [0.29, 0.717) is 23.2 Å². The van der Waals surface area contributed by atoms with Gasteiger partial charge in [-0.3, -0.25) is 9.69 Å². The second-order valence-corrected chi connectivity index (χ2v) is 5.26. The number of para-hydroxylation sites is 1. The lowest BCUT2D eigenvalue weighted by atomic mass is 10.2. The summed E-state index contributed by atoms with van der Waals surface area (Å²) in [5, 5.41) is 3.62. The van der Waals surface area contributed by atoms with Gasteiger partial charge in [-0.15, -0.1) is 0 Å². The maximum absolute atomic E-state index is 13.0. The molecular weight excluding hydrogens is 305 g/mol. The van der Waals surface area contributed by atoms with Crippen molar-refractivity contribution >= 4 is 29.2 Å². The van der Waals surface area contributed by atoms with E-state index in [1.165, 1.54) is 17.0 Å². The minimum Gasteiger partial charge on any atom is -0.324 e. The van der Waals surface area contributed by atoms with Crippen LogP contribution in [-0.2, 0) is 11.3 Å². The SMILES string of the molecule is O=C1CN=C(Nc2ccccc2Cl)N1Cc1ccc(F)cc1. The van der Waals surface area contributed by atoms with E-state index >= 15 is 0 Å². The molecule has 3 rings (SSSR count). The number of rotatable bonds is 3. The third kappa shape index (κ3) is 3.09. The van der Waals surface area contributed by atoms with Crippen molar-refractivity contribution in [2.45, 2.75) is 6.54 Å². The largest absolute Gasteiger partial charge is 0.324 e. The summed E-state index contributed by atoms with van der Waals surface area (Å²) in [4.78, 5) is 17.7. The standard InChI is InChI=1S/C16H13ClFN3O/c17-13-3-1-2-4-14(13)20-16-19-9-15(22)21(16)10-11-5-7-12(18)8-6-11/h1-8H,9-10H2,(H,19,20). The summed E-state index contributed by atoms with van der Waals surface area (Å²) in [6, 6.07) is 13.3. The van der Waals surface area contributed by atoms with Gasteiger partial charge in [-0.25, -0.2) is 9.38 Å². The number of halogens is 2. The van der Waals surface area contributed by atoms with Crippen molar-refractivity contribution < 1.29 is 9.18 Å². The Morgan fingerprint density at radius 1 is 1.18 bits per heavy atom. The quantitative estimate of drug-likeness (QED) is 0.944. The third-order valence-electron chi connectivity index (χ3n) is 3.30. The molecule has 112 valence electrons. The van der Waals surface area contributed by atoms with Crippen molar-refractivity contribution in [3.63, 3.8) is 0 Å². The summed E-state index contributed by atoms with van der Waals surface area (Å²) in [7, 11) is 0. The first-order chi connectivity index (χ1) is 10.6. The van der Waals surface area contributed by atoms with E-state index in [2.05, 4.69) is 10.3 Å². The van der Waals surface area contributed by atoms with Crippen molar-refractivity contribution in [3.05, 3.63) is 64.9 Å². The first-order valence-corrected chi connectivity index (χ1v) is 7.12. The lowest BCUT2D eigenvalue weighted by molar-refractivity contribution is -0.125. The molecule has 1 N–H and O–H groups in total. The summed E-state index contributed by atoms with van der Waals surface area (Å²) < 4.78 is 13.0. The maximum Gasteiger partial charge on any atom is 0.251 e. The van der Waals surface area contributed by atoms with Crippen LogP contribution in [0, 0.1) is 5.82 Å². The lowest BCUT2D eigenvalue weighted by Gasteiger charge is -2.20. The molecule has 0 fully saturated rings. The summed E-state index contributed by atoms with van der Waals surface area (Å²) in [6.07, 6.45) is 0. The molecule has 1 heterocycles. The van der Waals surface area contributed by atoms with Crippen LogP contribution in [0.1, 0.15) is 5.56 Å². The number of hydrogen-bond donors (Lipinski definition) is 1. The van der Waals surface area contributed by atoms with E-state index < -0.39 is 0 Å². The van der Waals surface area contributed by atoms with Gasteiger partial charge in [0.2, 0.25) is 5.96 Å². The molecule has 0 saturated carbocycles. The monoisotopic (exact) mass is 317 g/mol. The molecule has 1 aliphatic rings. The number of hydrogen-bond acceptors (Lipinski definition) is 3. The molecule has 0 saturated heterocycles. The van der Waals surface area contributed by atoms with Gasteiger partial charge in [-0.05, 0) is 29.8 Å². The normalized spacial score (nSPS) is 14.2. The summed E-state index contributed by atoms with van der Waals surface area (Å²) in [5.41, 5.74) is 1.51. The average Bonchev–Trinajstić information content (AvgIpc) is 2.85. The van der Waals surface area contributed by atoms with Crippen molar-refractivity contribution in [2.24, 2.45) is 4.99 Å². The molecule has 0 aromatic heterocycles. The Balaban J connectivity index is 1.77. The Labute approximate surface area is 132 Å². The van der Waals surface area contributed by atoms with Crippen LogP contribution in [0.4, 0.5) is 10.1 Å². The van der Waals surface area contributed by atoms with Crippen molar-refractivity contribution in [2.75, 3.05) is 11.9 Å². The van der Waals surface area contributed by atoms with Gasteiger partial charge in [0.25, 0.3) is 5.91 Å². The molecule has 6 heteroatoms. The second kappa shape index (κ2) is 6.15. The molecule has 1 aliphatic heterocycles. The van der Waals surface area contributed by atoms with Crippen LogP contribution < -0.4 is 5.32 Å². The molecule has 0 atom stereocenters. The van der Waals surface area contributed by atoms with Gasteiger partial charge >= 0.3 is 0 Å². The number of carbonyl (C=O) groups is 1. The Hall–Kier alpha value is -2.40. The zero-order valence-corrected chi connectivity index (χ0v) is 12.3. The molecule has 2 aromatic rings. The predicted molar refractivity (Wildman–Crippen MR) is 84.3 cm³/mol. The van der Waals surface area contributed by atoms with Crippen LogP contribution in [0.2, 0.25) is 5.02 Å². The molecular formula is C16H13ClFN3O. The summed E-state index contributed by atoms with van der Waals surface area (Å²) >= 11 is 6.10. The number of aliphatic imine (C=N–C) groups is 1. The van der Waals surface area contributed by atoms with Gasteiger partial charge in [0, 0.05) is 0 Å². The Kier molecular flexibility index (Phi) is 4.06. The van der Waals surface area contributed by atoms with Crippen molar-refractivity contribution in [1.29, 1.82) is 0 Å². The number of guanidine groups is 1. The minimum absolute atomic E-state index is 0.0913. The number of benzene rings is 2. The van der Waals surface area contributed by atoms with Crippen LogP contribution in [0.25, 0.3) is 0 Å². The highest BCUT2D eigenvalue weighted by molar-refractivity contribution is 6.33. The first kappa shape index (κ1) is 14.5. The van der Waals surface area contributed by atoms with Crippen LogP contribution in [0.5, 0.6) is 0 Å². The smallest absolute Gasteiger partial charge is 0.251 e. The van der Waals surface area contributed by atoms with E-state index in [1.807, 2.05) is 18.2 Å². The number of anilines is 1. The first-order valence-electron chi connectivity index (χ1n) is 6.74. The highest BCUT2D eigenvalue weighted by Gasteiger charge is 2.26. The molecule has 1 amide bonds. The summed E-state index contributed by atoms with van der Waals surface area (Å²) in [5.74, 6) is 0.0286. The van der Waals surface area contributed by atoms with Crippen LogP contribution >= 0.6 is 11.6 Å². The Bertz CT molecular complexity index is 730. The Morgan fingerprint density at radius 3 is 2.64 bits per heavy atom. The fourth-order valence-electron chi connectivity index (χ4n) is 2.16. The molecule has 4 nitrogen and oxygen atoms in total. The number of amides is 1. The maximum atomic E-state index is 13.0. The van der Waals surface area contributed by atoms with Gasteiger partial charge in [0.05, 0.1) is 17.3 Å². The Morgan fingerprint density at radius 2 is 1.91 bits per heavy atom. The van der Waals surface area contributed by atoms with E-state index in [4.69, 9.17) is 11.6 Å². The topological polar surface area (TPSA) is 44.7 Å². The van der Waals surface area contributed by atoms with Crippen molar-refractivity contribution in [1.82, 2.24) is 4.90 Å². The lowest BCUT2D eigenvalue weighted by Crippen LogP contribution is -2.36. The minimum atomic E-state index is -0.306. The second-order valence-electron chi connectivity index (χ2n) is 4.85. The number of nitrogens with one attached hydrogen (secondary N) is 1. The van der Waals surface area contributed by atoms with Crippen molar-refractivity contribution in [3.8, 4) is 0 Å². The van der Waals surface area contributed by atoms with Gasteiger partial charge in [0.1, 0.15) is 12.4 Å². The van der Waals surface area contributed by atoms with E-state index in [-0.39, 0.29) is 18.3 Å². The van der Waals surface area contributed by atoms with E-state index in [0.717, 1.165) is 5.56 Å². The number of nitrogens with zero attached hydrogens (tertiary/aromatic N) is 2. The molecule has 2 aromatic carbocycles. The summed E-state index contributed by atoms with van der Waals surface area (Å²) in [6.45, 7) is 0.420. The highest BCUT2D eigenvalue weighted by Crippen LogP contribution is 2.22. The van der Waals surface area contributed by atoms with Crippen LogP contribution in [0.3, 0.4) is 0 Å². The molecule has 0 radical (unpaired) electrons. The van der Waals surface area contributed by atoms with Crippen LogP contribution in [-0.4, -0.2) is 23.3 Å². The molecule has 0 aliphatic carbocycles. The zero-order chi connectivity index (χ0) is 15.5. The van der Waals surface area contributed by atoms with Gasteiger partial charge in [-0.1, -0.05) is 35.9 Å². The molecule has 0 unspecified atom stereocenters. The average molecular weight is 318 g/mol. The fraction of sp³-hybridized carbons (Fsp3) is 0.125. The van der Waals surface area contributed by atoms with Gasteiger partial charge in [0.15, 0.2) is 0 Å². The zero-order valence-electron chi connectivity index (χ0n) is 11.6. The molecule has 0 bridgehead atoms. The van der Waals surface area contributed by atoms with Crippen LogP contribution in [0.15, 0.2) is 53.5 Å². The molecule has 0 spiro atoms. The number of carbonyl (C=O) groups excluding carboxylic acids is 1. The predicted octanol–water partition coefficient (Wildman–Crippen LogP) is 3.29. The van der Waals surface area contributed by atoms with Gasteiger partial charge in [-0.2, -0.15) is 0 Å². The van der Waals surface area contributed by atoms with E-state index in [9.17, 15) is 9.18 Å². The molecule has 22 heavy (non-hydrogen) atoms. The fourth-order valence-corrected chi connectivity index (χ4v) is 2.34.